The minimum atomic E-state index is 0. The van der Waals surface area contributed by atoms with Crippen LogP contribution in [0.2, 0.25) is 0 Å². The third-order valence-electron chi connectivity index (χ3n) is 2.44. The Bertz CT molecular complexity index is 245. The Balaban J connectivity index is 0. The van der Waals surface area contributed by atoms with E-state index >= 15 is 0 Å². The number of terminal acetylenes is 1. The molecule has 5 heteroatoms. The fraction of sp³-hybridized carbons (Fsp3) is 0.769. The van der Waals surface area contributed by atoms with E-state index in [-0.39, 0.29) is 30.6 Å². The number of nitrogens with zero attached hydrogens (tertiary/aromatic N) is 1. The predicted octanol–water partition coefficient (Wildman–Crippen LogP) is 1.59. The molecule has 4 nitrogen and oxygen atoms in total. The van der Waals surface area contributed by atoms with E-state index in [4.69, 9.17) is 11.5 Å². The number of hydrogen-bond acceptors (Lipinski definition) is 2. The summed E-state index contributed by atoms with van der Waals surface area (Å²) in [5.41, 5.74) is 0. The van der Waals surface area contributed by atoms with E-state index in [1.54, 1.807) is 0 Å². The van der Waals surface area contributed by atoms with Crippen LogP contribution in [0.25, 0.3) is 0 Å². The number of halogens is 1. The Morgan fingerprint density at radius 1 is 1.33 bits per heavy atom. The monoisotopic (exact) mass is 367 g/mol. The van der Waals surface area contributed by atoms with E-state index in [1.807, 2.05) is 6.92 Å². The second kappa shape index (κ2) is 14.6. The lowest BCUT2D eigenvalue weighted by Crippen LogP contribution is -2.37. The fourth-order valence-electron chi connectivity index (χ4n) is 1.61. The molecule has 106 valence electrons. The molecular weight excluding hydrogens is 341 g/mol. The Kier molecular flexibility index (Phi) is 16.1. The first-order chi connectivity index (χ1) is 8.28. The van der Waals surface area contributed by atoms with Gasteiger partial charge in [0, 0.05) is 19.7 Å². The van der Waals surface area contributed by atoms with Crippen molar-refractivity contribution in [2.75, 3.05) is 26.2 Å². The van der Waals surface area contributed by atoms with Gasteiger partial charge in [-0.2, -0.15) is 0 Å². The zero-order valence-electron chi connectivity index (χ0n) is 11.4. The highest BCUT2D eigenvalue weighted by Gasteiger charge is 2.06. The lowest BCUT2D eigenvalue weighted by Gasteiger charge is -2.14. The molecule has 0 saturated carbocycles. The van der Waals surface area contributed by atoms with Gasteiger partial charge in [-0.25, -0.2) is 0 Å². The van der Waals surface area contributed by atoms with Crippen LogP contribution in [-0.4, -0.2) is 37.3 Å². The van der Waals surface area contributed by atoms with Gasteiger partial charge in [0.05, 0.1) is 6.54 Å². The maximum Gasteiger partial charge on any atom is 0.192 e. The van der Waals surface area contributed by atoms with Crippen LogP contribution < -0.4 is 10.6 Å². The molecule has 3 N–H and O–H groups in total. The molecule has 18 heavy (non-hydrogen) atoms. The number of aliphatic hydroxyl groups excluding tert-OH is 1. The summed E-state index contributed by atoms with van der Waals surface area (Å²) in [5.74, 6) is 3.73. The van der Waals surface area contributed by atoms with Crippen molar-refractivity contribution in [1.82, 2.24) is 10.6 Å². The van der Waals surface area contributed by atoms with Crippen LogP contribution in [0.5, 0.6) is 0 Å². The zero-order chi connectivity index (χ0) is 12.9. The second-order valence-corrected chi connectivity index (χ2v) is 3.94. The number of aliphatic imine (C=N–C) groups is 1. The van der Waals surface area contributed by atoms with Gasteiger partial charge in [0.1, 0.15) is 0 Å². The van der Waals surface area contributed by atoms with E-state index < -0.39 is 0 Å². The summed E-state index contributed by atoms with van der Waals surface area (Å²) >= 11 is 0. The maximum atomic E-state index is 8.97. The summed E-state index contributed by atoms with van der Waals surface area (Å²) in [5, 5.41) is 15.2. The SMILES string of the molecule is C#CCNC(=NCC(CCC)CCO)NCC.I. The van der Waals surface area contributed by atoms with E-state index in [9.17, 15) is 0 Å². The molecule has 0 bridgehead atoms. The molecule has 0 spiro atoms. The smallest absolute Gasteiger partial charge is 0.192 e. The van der Waals surface area contributed by atoms with E-state index in [0.717, 1.165) is 38.3 Å². The largest absolute Gasteiger partial charge is 0.396 e. The van der Waals surface area contributed by atoms with Crippen molar-refractivity contribution in [3.05, 3.63) is 0 Å². The molecule has 0 aliphatic heterocycles. The number of aliphatic hydroxyl groups is 1. The molecule has 0 heterocycles. The standard InChI is InChI=1S/C13H25N3O.HI/c1-4-7-12(8-10-17)11-16-13(14-6-3)15-9-5-2;/h2,12,17H,4,6-11H2,1,3H3,(H2,14,15,16);1H. The van der Waals surface area contributed by atoms with Gasteiger partial charge in [0.25, 0.3) is 0 Å². The molecule has 0 radical (unpaired) electrons. The Labute approximate surface area is 128 Å². The molecular formula is C13H26IN3O. The van der Waals surface area contributed by atoms with Crippen molar-refractivity contribution in [2.45, 2.75) is 33.1 Å². The highest BCUT2D eigenvalue weighted by Crippen LogP contribution is 2.10. The van der Waals surface area contributed by atoms with Gasteiger partial charge >= 0.3 is 0 Å². The van der Waals surface area contributed by atoms with Crippen LogP contribution in [0, 0.1) is 18.3 Å². The van der Waals surface area contributed by atoms with Crippen LogP contribution in [0.4, 0.5) is 0 Å². The summed E-state index contributed by atoms with van der Waals surface area (Å²) in [4.78, 5) is 4.48. The van der Waals surface area contributed by atoms with E-state index in [0.29, 0.717) is 12.5 Å². The molecule has 0 aromatic carbocycles. The summed E-state index contributed by atoms with van der Waals surface area (Å²) in [6.45, 7) is 6.42. The van der Waals surface area contributed by atoms with Crippen molar-refractivity contribution in [1.29, 1.82) is 0 Å². The van der Waals surface area contributed by atoms with Crippen LogP contribution in [0.15, 0.2) is 4.99 Å². The Hall–Kier alpha value is -0.480. The average molecular weight is 367 g/mol. The zero-order valence-corrected chi connectivity index (χ0v) is 13.7. The fourth-order valence-corrected chi connectivity index (χ4v) is 1.61. The highest BCUT2D eigenvalue weighted by atomic mass is 127. The lowest BCUT2D eigenvalue weighted by molar-refractivity contribution is 0.253. The van der Waals surface area contributed by atoms with Gasteiger partial charge in [-0.1, -0.05) is 19.3 Å². The van der Waals surface area contributed by atoms with Gasteiger partial charge in [0.2, 0.25) is 0 Å². The van der Waals surface area contributed by atoms with Crippen LogP contribution in [0.3, 0.4) is 0 Å². The van der Waals surface area contributed by atoms with Crippen LogP contribution >= 0.6 is 24.0 Å². The molecule has 1 unspecified atom stereocenters. The summed E-state index contributed by atoms with van der Waals surface area (Å²) in [7, 11) is 0. The quantitative estimate of drug-likeness (QED) is 0.264. The van der Waals surface area contributed by atoms with Crippen molar-refractivity contribution in [2.24, 2.45) is 10.9 Å². The summed E-state index contributed by atoms with van der Waals surface area (Å²) in [6.07, 6.45) is 8.22. The van der Waals surface area contributed by atoms with Gasteiger partial charge in [-0.3, -0.25) is 4.99 Å². The topological polar surface area (TPSA) is 56.7 Å². The summed E-state index contributed by atoms with van der Waals surface area (Å²) < 4.78 is 0. The first-order valence-corrected chi connectivity index (χ1v) is 6.34. The molecule has 0 fully saturated rings. The van der Waals surface area contributed by atoms with Crippen LogP contribution in [0.1, 0.15) is 33.1 Å². The molecule has 0 saturated heterocycles. The Morgan fingerprint density at radius 3 is 2.56 bits per heavy atom. The molecule has 0 aromatic rings. The summed E-state index contributed by atoms with van der Waals surface area (Å²) in [6, 6.07) is 0. The number of hydrogen-bond donors (Lipinski definition) is 3. The normalized spacial score (nSPS) is 12.2. The van der Waals surface area contributed by atoms with Gasteiger partial charge in [-0.05, 0) is 25.7 Å². The van der Waals surface area contributed by atoms with Crippen molar-refractivity contribution < 1.29 is 5.11 Å². The molecule has 0 amide bonds. The lowest BCUT2D eigenvalue weighted by atomic mass is 10.0. The number of guanidine groups is 1. The molecule has 0 aromatic heterocycles. The second-order valence-electron chi connectivity index (χ2n) is 3.94. The molecule has 0 aliphatic carbocycles. The maximum absolute atomic E-state index is 8.97. The molecule has 0 rings (SSSR count). The van der Waals surface area contributed by atoms with Gasteiger partial charge in [0.15, 0.2) is 5.96 Å². The minimum absolute atomic E-state index is 0. The third-order valence-corrected chi connectivity index (χ3v) is 2.44. The first kappa shape index (κ1) is 19.9. The first-order valence-electron chi connectivity index (χ1n) is 6.34. The highest BCUT2D eigenvalue weighted by molar-refractivity contribution is 14.0. The number of rotatable bonds is 8. The average Bonchev–Trinajstić information content (AvgIpc) is 2.33. The van der Waals surface area contributed by atoms with Crippen molar-refractivity contribution in [3.8, 4) is 12.3 Å². The predicted molar refractivity (Wildman–Crippen MR) is 88.3 cm³/mol. The minimum Gasteiger partial charge on any atom is -0.396 e. The molecule has 0 aliphatic rings. The van der Waals surface area contributed by atoms with E-state index in [2.05, 4.69) is 28.5 Å². The third kappa shape index (κ3) is 10.7. The van der Waals surface area contributed by atoms with Gasteiger partial charge < -0.3 is 15.7 Å². The van der Waals surface area contributed by atoms with Crippen LogP contribution in [-0.2, 0) is 0 Å². The van der Waals surface area contributed by atoms with Crippen molar-refractivity contribution in [3.63, 3.8) is 0 Å². The Morgan fingerprint density at radius 2 is 2.06 bits per heavy atom. The van der Waals surface area contributed by atoms with Crippen molar-refractivity contribution >= 4 is 29.9 Å². The molecule has 1 atom stereocenters. The van der Waals surface area contributed by atoms with E-state index in [1.165, 1.54) is 0 Å². The number of nitrogens with one attached hydrogen (secondary N) is 2. The van der Waals surface area contributed by atoms with Gasteiger partial charge in [-0.15, -0.1) is 30.4 Å².